The third-order valence-electron chi connectivity index (χ3n) is 2.79. The van der Waals surface area contributed by atoms with E-state index in [9.17, 15) is 17.9 Å². The van der Waals surface area contributed by atoms with E-state index >= 15 is 0 Å². The number of nitrogens with one attached hydrogen (secondary N) is 2. The molecule has 0 amide bonds. The average Bonchev–Trinajstić information content (AvgIpc) is 2.75. The molecular formula is C10H14FN3O3S. The lowest BCUT2D eigenvalue weighted by Crippen LogP contribution is -2.44. The predicted molar refractivity (Wildman–Crippen MR) is 61.8 cm³/mol. The van der Waals surface area contributed by atoms with Crippen molar-refractivity contribution in [3.8, 4) is 0 Å². The number of nitrogens with zero attached hydrogens (tertiary/aromatic N) is 1. The van der Waals surface area contributed by atoms with Crippen molar-refractivity contribution in [3.05, 3.63) is 24.1 Å². The molecule has 6 nitrogen and oxygen atoms in total. The second-order valence-corrected chi connectivity index (χ2v) is 5.95. The van der Waals surface area contributed by atoms with E-state index in [0.717, 1.165) is 6.07 Å². The minimum absolute atomic E-state index is 0.168. The molecule has 0 bridgehead atoms. The summed E-state index contributed by atoms with van der Waals surface area (Å²) in [6, 6.07) is 2.33. The first-order chi connectivity index (χ1) is 8.43. The van der Waals surface area contributed by atoms with E-state index in [0.29, 0.717) is 19.5 Å². The molecule has 1 atom stereocenters. The molecule has 1 aromatic heterocycles. The number of hydrogen-bond donors (Lipinski definition) is 3. The van der Waals surface area contributed by atoms with Crippen molar-refractivity contribution < 1.29 is 17.9 Å². The van der Waals surface area contributed by atoms with Gasteiger partial charge in [-0.25, -0.2) is 22.5 Å². The zero-order valence-corrected chi connectivity index (χ0v) is 10.4. The number of rotatable bonds is 4. The van der Waals surface area contributed by atoms with Crippen molar-refractivity contribution in [1.29, 1.82) is 0 Å². The van der Waals surface area contributed by atoms with Crippen molar-refractivity contribution in [2.75, 3.05) is 19.6 Å². The van der Waals surface area contributed by atoms with Crippen molar-refractivity contribution in [2.24, 2.45) is 0 Å². The molecule has 2 heterocycles. The SMILES string of the molecule is O=S(=O)(NCC1(O)CCNC1)c1ncccc1F. The van der Waals surface area contributed by atoms with Crippen LogP contribution in [0.5, 0.6) is 0 Å². The zero-order valence-electron chi connectivity index (χ0n) is 9.56. The van der Waals surface area contributed by atoms with Gasteiger partial charge in [0.25, 0.3) is 10.0 Å². The van der Waals surface area contributed by atoms with Gasteiger partial charge in [0.2, 0.25) is 5.03 Å². The number of sulfonamides is 1. The van der Waals surface area contributed by atoms with Gasteiger partial charge in [0, 0.05) is 19.3 Å². The molecule has 0 aliphatic carbocycles. The van der Waals surface area contributed by atoms with E-state index in [4.69, 9.17) is 0 Å². The molecule has 1 saturated heterocycles. The molecule has 0 spiro atoms. The molecule has 0 radical (unpaired) electrons. The van der Waals surface area contributed by atoms with Crippen LogP contribution < -0.4 is 10.0 Å². The first-order valence-corrected chi connectivity index (χ1v) is 6.95. The van der Waals surface area contributed by atoms with E-state index in [1.807, 2.05) is 0 Å². The minimum Gasteiger partial charge on any atom is -0.387 e. The van der Waals surface area contributed by atoms with Crippen LogP contribution in [-0.4, -0.2) is 43.7 Å². The summed E-state index contributed by atoms with van der Waals surface area (Å²) >= 11 is 0. The molecule has 1 aliphatic heterocycles. The van der Waals surface area contributed by atoms with Crippen molar-refractivity contribution in [2.45, 2.75) is 17.0 Å². The van der Waals surface area contributed by atoms with Crippen LogP contribution in [0.15, 0.2) is 23.4 Å². The highest BCUT2D eigenvalue weighted by Crippen LogP contribution is 2.15. The molecule has 2 rings (SSSR count). The summed E-state index contributed by atoms with van der Waals surface area (Å²) in [6.45, 7) is 0.759. The van der Waals surface area contributed by atoms with Gasteiger partial charge in [-0.2, -0.15) is 0 Å². The number of β-amino-alcohol motifs (C(OH)–C–C–N with tert-alkyl or cyclic N) is 1. The van der Waals surface area contributed by atoms with Crippen LogP contribution in [0.2, 0.25) is 0 Å². The third kappa shape index (κ3) is 2.83. The quantitative estimate of drug-likeness (QED) is 0.671. The van der Waals surface area contributed by atoms with Gasteiger partial charge in [0.1, 0.15) is 0 Å². The summed E-state index contributed by atoms with van der Waals surface area (Å²) < 4.78 is 39.1. The van der Waals surface area contributed by atoms with Crippen LogP contribution in [0.3, 0.4) is 0 Å². The summed E-state index contributed by atoms with van der Waals surface area (Å²) in [5, 5.41) is 12.2. The predicted octanol–water partition coefficient (Wildman–Crippen LogP) is -0.777. The van der Waals surface area contributed by atoms with E-state index < -0.39 is 26.5 Å². The van der Waals surface area contributed by atoms with E-state index in [1.165, 1.54) is 12.3 Å². The van der Waals surface area contributed by atoms with Crippen LogP contribution in [-0.2, 0) is 10.0 Å². The van der Waals surface area contributed by atoms with E-state index in [1.54, 1.807) is 0 Å². The van der Waals surface area contributed by atoms with Crippen molar-refractivity contribution in [1.82, 2.24) is 15.0 Å². The largest absolute Gasteiger partial charge is 0.387 e. The Hall–Kier alpha value is -1.09. The fourth-order valence-electron chi connectivity index (χ4n) is 1.75. The van der Waals surface area contributed by atoms with Crippen molar-refractivity contribution in [3.63, 3.8) is 0 Å². The minimum atomic E-state index is -4.04. The monoisotopic (exact) mass is 275 g/mol. The lowest BCUT2D eigenvalue weighted by molar-refractivity contribution is 0.0667. The smallest absolute Gasteiger partial charge is 0.261 e. The Bertz CT molecular complexity index is 529. The summed E-state index contributed by atoms with van der Waals surface area (Å²) in [5.41, 5.74) is -1.13. The topological polar surface area (TPSA) is 91.3 Å². The standard InChI is InChI=1S/C10H14FN3O3S/c11-8-2-1-4-13-9(8)18(16,17)14-7-10(15)3-5-12-6-10/h1-2,4,12,14-15H,3,5-7H2. The third-order valence-corrected chi connectivity index (χ3v) is 4.13. The Morgan fingerprint density at radius 3 is 3.00 bits per heavy atom. The molecule has 3 N–H and O–H groups in total. The molecule has 18 heavy (non-hydrogen) atoms. The lowest BCUT2D eigenvalue weighted by Gasteiger charge is -2.21. The highest BCUT2D eigenvalue weighted by atomic mass is 32.2. The fourth-order valence-corrected chi connectivity index (χ4v) is 2.87. The van der Waals surface area contributed by atoms with E-state index in [-0.39, 0.29) is 6.54 Å². The summed E-state index contributed by atoms with van der Waals surface area (Å²) in [6.07, 6.45) is 1.64. The first kappa shape index (κ1) is 13.3. The molecular weight excluding hydrogens is 261 g/mol. The van der Waals surface area contributed by atoms with Crippen LogP contribution >= 0.6 is 0 Å². The molecule has 0 aromatic carbocycles. The maximum atomic E-state index is 13.3. The molecule has 8 heteroatoms. The maximum absolute atomic E-state index is 13.3. The summed E-state index contributed by atoms with van der Waals surface area (Å²) in [4.78, 5) is 3.50. The second-order valence-electron chi connectivity index (χ2n) is 4.27. The van der Waals surface area contributed by atoms with Gasteiger partial charge in [-0.15, -0.1) is 0 Å². The number of halogens is 1. The van der Waals surface area contributed by atoms with Gasteiger partial charge in [0.15, 0.2) is 5.82 Å². The van der Waals surface area contributed by atoms with Gasteiger partial charge in [-0.05, 0) is 25.1 Å². The Kier molecular flexibility index (Phi) is 3.62. The summed E-state index contributed by atoms with van der Waals surface area (Å²) in [7, 11) is -4.04. The Balaban J connectivity index is 2.11. The molecule has 1 unspecified atom stereocenters. The fraction of sp³-hybridized carbons (Fsp3) is 0.500. The van der Waals surface area contributed by atoms with Gasteiger partial charge >= 0.3 is 0 Å². The van der Waals surface area contributed by atoms with Gasteiger partial charge in [-0.1, -0.05) is 0 Å². The Morgan fingerprint density at radius 2 is 2.39 bits per heavy atom. The average molecular weight is 275 g/mol. The lowest BCUT2D eigenvalue weighted by atomic mass is 10.1. The van der Waals surface area contributed by atoms with E-state index in [2.05, 4.69) is 15.0 Å². The summed E-state index contributed by atoms with van der Waals surface area (Å²) in [5.74, 6) is -0.915. The van der Waals surface area contributed by atoms with Gasteiger partial charge < -0.3 is 10.4 Å². The molecule has 1 aromatic rings. The normalized spacial score (nSPS) is 24.3. The van der Waals surface area contributed by atoms with Crippen LogP contribution in [0.25, 0.3) is 0 Å². The first-order valence-electron chi connectivity index (χ1n) is 5.46. The Labute approximate surface area is 104 Å². The number of aromatic nitrogens is 1. The Morgan fingerprint density at radius 1 is 1.61 bits per heavy atom. The maximum Gasteiger partial charge on any atom is 0.261 e. The van der Waals surface area contributed by atoms with Crippen LogP contribution in [0.1, 0.15) is 6.42 Å². The number of hydrogen-bond acceptors (Lipinski definition) is 5. The van der Waals surface area contributed by atoms with Gasteiger partial charge in [-0.3, -0.25) is 0 Å². The van der Waals surface area contributed by atoms with Crippen LogP contribution in [0.4, 0.5) is 4.39 Å². The molecule has 1 fully saturated rings. The zero-order chi connectivity index (χ0) is 13.2. The second kappa shape index (κ2) is 4.88. The highest BCUT2D eigenvalue weighted by Gasteiger charge is 2.33. The number of aliphatic hydroxyl groups is 1. The molecule has 0 saturated carbocycles. The van der Waals surface area contributed by atoms with Crippen LogP contribution in [0, 0.1) is 5.82 Å². The van der Waals surface area contributed by atoms with Crippen molar-refractivity contribution >= 4 is 10.0 Å². The van der Waals surface area contributed by atoms with Gasteiger partial charge in [0.05, 0.1) is 5.60 Å². The number of pyridine rings is 1. The highest BCUT2D eigenvalue weighted by molar-refractivity contribution is 7.89. The molecule has 100 valence electrons. The molecule has 1 aliphatic rings.